The van der Waals surface area contributed by atoms with Gasteiger partial charge < -0.3 is 20.9 Å². The number of carbonyl (C=O) groups is 1. The van der Waals surface area contributed by atoms with Gasteiger partial charge in [-0.3, -0.25) is 4.79 Å². The number of rotatable bonds is 3. The zero-order valence-electron chi connectivity index (χ0n) is 15.3. The summed E-state index contributed by atoms with van der Waals surface area (Å²) in [7, 11) is 2.00. The highest BCUT2D eigenvalue weighted by Gasteiger charge is 2.28. The van der Waals surface area contributed by atoms with E-state index >= 15 is 4.39 Å². The minimum Gasteiger partial charge on any atom is -0.352 e. The van der Waals surface area contributed by atoms with Gasteiger partial charge in [0.2, 0.25) is 0 Å². The predicted octanol–water partition coefficient (Wildman–Crippen LogP) is 1.19. The molecule has 4 N–H and O–H groups in total. The monoisotopic (exact) mass is 365 g/mol. The number of aryl methyl sites for hydroxylation is 1. The number of hydrogen-bond acceptors (Lipinski definition) is 4. The van der Waals surface area contributed by atoms with E-state index in [1.165, 1.54) is 6.33 Å². The summed E-state index contributed by atoms with van der Waals surface area (Å²) in [6, 6.07) is 7.46. The Morgan fingerprint density at radius 1 is 1.44 bits per heavy atom. The number of aromatic amines is 1. The molecule has 2 aromatic carbocycles. The molecular weight excluding hydrogens is 344 g/mol. The van der Waals surface area contributed by atoms with E-state index in [0.29, 0.717) is 18.6 Å². The molecule has 6 nitrogen and oxygen atoms in total. The lowest BCUT2D eigenvalue weighted by Gasteiger charge is -2.20. The fraction of sp³-hybridized carbons (Fsp3) is 0.263. The number of benzene rings is 2. The molecule has 8 heteroatoms. The van der Waals surface area contributed by atoms with Gasteiger partial charge in [-0.15, -0.1) is 0 Å². The number of amides is 1. The highest BCUT2D eigenvalue weighted by atomic mass is 19.1. The number of likely N-dealkylation sites (tertiary alicyclic amines) is 1. The summed E-state index contributed by atoms with van der Waals surface area (Å²) in [5.41, 5.74) is 9.90. The first kappa shape index (κ1) is 17.5. The number of carbonyl (C=O) groups excluding carboxylic acids is 1. The van der Waals surface area contributed by atoms with Gasteiger partial charge >= 0.3 is 0 Å². The van der Waals surface area contributed by atoms with Gasteiger partial charge in [-0.2, -0.15) is 0 Å². The van der Waals surface area contributed by atoms with Crippen molar-refractivity contribution in [2.45, 2.75) is 19.4 Å². The molecule has 1 amide bonds. The van der Waals surface area contributed by atoms with Gasteiger partial charge in [0.25, 0.3) is 5.91 Å². The Labute approximate surface area is 157 Å². The molecule has 1 fully saturated rings. The van der Waals surface area contributed by atoms with Crippen molar-refractivity contribution in [2.75, 3.05) is 18.4 Å². The normalized spacial score (nSPS) is 16.9. The van der Waals surface area contributed by atoms with Crippen molar-refractivity contribution in [3.63, 3.8) is 0 Å². The van der Waals surface area contributed by atoms with E-state index in [4.69, 9.17) is 5.73 Å². The lowest BCUT2D eigenvalue weighted by molar-refractivity contribution is 0.0791. The van der Waals surface area contributed by atoms with Crippen LogP contribution in [0.25, 0.3) is 11.0 Å². The standard InChI is InChI=1S/C19H21BFN5O/c1-10-6-11(20)2-3-14(10)25-17-13(19(27)26-5-4-12(22)8-26)7-15-18(16(17)21)24-9-23-15/h2-3,6-7,9,12,25H,4-5,8,20,22H2,1H3,(H,23,24). The van der Waals surface area contributed by atoms with E-state index in [1.54, 1.807) is 11.0 Å². The molecule has 1 aliphatic rings. The van der Waals surface area contributed by atoms with Crippen molar-refractivity contribution in [3.8, 4) is 0 Å². The molecule has 1 aromatic heterocycles. The molecule has 0 aliphatic carbocycles. The smallest absolute Gasteiger partial charge is 0.256 e. The summed E-state index contributed by atoms with van der Waals surface area (Å²) in [5, 5.41) is 3.13. The number of halogens is 1. The van der Waals surface area contributed by atoms with Gasteiger partial charge in [-0.25, -0.2) is 9.37 Å². The minimum atomic E-state index is -0.541. The van der Waals surface area contributed by atoms with Gasteiger partial charge in [0, 0.05) is 24.8 Å². The first-order valence-electron chi connectivity index (χ1n) is 8.98. The van der Waals surface area contributed by atoms with Crippen molar-refractivity contribution in [1.82, 2.24) is 14.9 Å². The molecular formula is C19H21BFN5O. The topological polar surface area (TPSA) is 87.0 Å². The quantitative estimate of drug-likeness (QED) is 0.609. The van der Waals surface area contributed by atoms with Crippen LogP contribution >= 0.6 is 0 Å². The summed E-state index contributed by atoms with van der Waals surface area (Å²) < 4.78 is 15.2. The second-order valence-electron chi connectivity index (χ2n) is 7.16. The van der Waals surface area contributed by atoms with Gasteiger partial charge in [0.1, 0.15) is 13.4 Å². The van der Waals surface area contributed by atoms with E-state index in [1.807, 2.05) is 33.0 Å². The van der Waals surface area contributed by atoms with E-state index in [0.717, 1.165) is 23.1 Å². The Morgan fingerprint density at radius 3 is 2.96 bits per heavy atom. The number of nitrogens with one attached hydrogen (secondary N) is 2. The van der Waals surface area contributed by atoms with Crippen molar-refractivity contribution in [2.24, 2.45) is 5.73 Å². The highest BCUT2D eigenvalue weighted by molar-refractivity contribution is 6.32. The number of nitrogens with zero attached hydrogens (tertiary/aromatic N) is 2. The van der Waals surface area contributed by atoms with Crippen molar-refractivity contribution in [3.05, 3.63) is 47.5 Å². The van der Waals surface area contributed by atoms with Crippen LogP contribution in [0.4, 0.5) is 15.8 Å². The van der Waals surface area contributed by atoms with E-state index in [2.05, 4.69) is 15.3 Å². The maximum Gasteiger partial charge on any atom is 0.256 e. The molecule has 138 valence electrons. The number of nitrogens with two attached hydrogens (primary N) is 1. The summed E-state index contributed by atoms with van der Waals surface area (Å²) >= 11 is 0. The third-order valence-electron chi connectivity index (χ3n) is 5.04. The highest BCUT2D eigenvalue weighted by Crippen LogP contribution is 2.32. The predicted molar refractivity (Wildman–Crippen MR) is 107 cm³/mol. The Bertz CT molecular complexity index is 1030. The lowest BCUT2D eigenvalue weighted by Crippen LogP contribution is -2.32. The van der Waals surface area contributed by atoms with E-state index < -0.39 is 5.82 Å². The SMILES string of the molecule is Bc1ccc(Nc2c(C(=O)N3CCC(N)C3)cc3[nH]cnc3c2F)c(C)c1. The molecule has 1 aliphatic heterocycles. The number of hydrogen-bond donors (Lipinski definition) is 3. The molecule has 4 rings (SSSR count). The summed E-state index contributed by atoms with van der Waals surface area (Å²) in [6.45, 7) is 3.00. The average molecular weight is 365 g/mol. The van der Waals surface area contributed by atoms with Crippen molar-refractivity contribution < 1.29 is 9.18 Å². The lowest BCUT2D eigenvalue weighted by atomic mass is 9.94. The van der Waals surface area contributed by atoms with E-state index in [9.17, 15) is 4.79 Å². The molecule has 0 spiro atoms. The third-order valence-corrected chi connectivity index (χ3v) is 5.04. The first-order valence-corrected chi connectivity index (χ1v) is 8.98. The largest absolute Gasteiger partial charge is 0.352 e. The van der Waals surface area contributed by atoms with Gasteiger partial charge in [0.05, 0.1) is 23.1 Å². The Kier molecular flexibility index (Phi) is 4.35. The van der Waals surface area contributed by atoms with Crippen LogP contribution < -0.4 is 16.5 Å². The zero-order valence-corrected chi connectivity index (χ0v) is 15.3. The fourth-order valence-electron chi connectivity index (χ4n) is 3.56. The van der Waals surface area contributed by atoms with Gasteiger partial charge in [-0.1, -0.05) is 17.6 Å². The summed E-state index contributed by atoms with van der Waals surface area (Å²) in [5.74, 6) is -0.772. The summed E-state index contributed by atoms with van der Waals surface area (Å²) in [4.78, 5) is 21.7. The number of aromatic nitrogens is 2. The van der Waals surface area contributed by atoms with Gasteiger partial charge in [0.15, 0.2) is 5.82 Å². The number of imidazole rings is 1. The van der Waals surface area contributed by atoms with Crippen LogP contribution in [0.5, 0.6) is 0 Å². The van der Waals surface area contributed by atoms with Crippen LogP contribution in [0, 0.1) is 12.7 Å². The molecule has 1 saturated heterocycles. The van der Waals surface area contributed by atoms with Crippen LogP contribution in [0.1, 0.15) is 22.3 Å². The summed E-state index contributed by atoms with van der Waals surface area (Å²) in [6.07, 6.45) is 2.18. The van der Waals surface area contributed by atoms with Crippen LogP contribution in [0.3, 0.4) is 0 Å². The zero-order chi connectivity index (χ0) is 19.1. The number of fused-ring (bicyclic) bond motifs is 1. The Balaban J connectivity index is 1.81. The van der Waals surface area contributed by atoms with Crippen molar-refractivity contribution in [1.29, 1.82) is 0 Å². The van der Waals surface area contributed by atoms with Crippen LogP contribution in [0.15, 0.2) is 30.6 Å². The first-order chi connectivity index (χ1) is 12.9. The Hall–Kier alpha value is -2.87. The molecule has 1 atom stereocenters. The molecule has 2 heterocycles. The molecule has 27 heavy (non-hydrogen) atoms. The van der Waals surface area contributed by atoms with Crippen LogP contribution in [-0.2, 0) is 0 Å². The number of anilines is 2. The average Bonchev–Trinajstić information content (AvgIpc) is 3.27. The maximum absolute atomic E-state index is 15.2. The Morgan fingerprint density at radius 2 is 2.26 bits per heavy atom. The molecule has 0 bridgehead atoms. The fourth-order valence-corrected chi connectivity index (χ4v) is 3.56. The minimum absolute atomic E-state index is 0.0366. The van der Waals surface area contributed by atoms with E-state index in [-0.39, 0.29) is 28.7 Å². The van der Waals surface area contributed by atoms with Crippen molar-refractivity contribution >= 4 is 41.6 Å². The number of H-pyrrole nitrogens is 1. The van der Waals surface area contributed by atoms with Crippen LogP contribution in [0.2, 0.25) is 0 Å². The second-order valence-corrected chi connectivity index (χ2v) is 7.16. The molecule has 0 saturated carbocycles. The molecule has 1 unspecified atom stereocenters. The van der Waals surface area contributed by atoms with Gasteiger partial charge in [-0.05, 0) is 31.0 Å². The maximum atomic E-state index is 15.2. The third kappa shape index (κ3) is 3.17. The molecule has 3 aromatic rings. The second kappa shape index (κ2) is 6.70. The van der Waals surface area contributed by atoms with Crippen LogP contribution in [-0.4, -0.2) is 47.8 Å². The molecule has 0 radical (unpaired) electrons.